The average molecular weight is 358 g/mol. The van der Waals surface area contributed by atoms with E-state index in [1.807, 2.05) is 31.2 Å². The normalized spacial score (nSPS) is 11.5. The van der Waals surface area contributed by atoms with Crippen molar-refractivity contribution >= 4 is 27.3 Å². The zero-order valence-corrected chi connectivity index (χ0v) is 13.3. The number of benzene rings is 2. The minimum absolute atomic E-state index is 0.149. The van der Waals surface area contributed by atoms with Crippen molar-refractivity contribution in [2.45, 2.75) is 18.4 Å². The van der Waals surface area contributed by atoms with Crippen LogP contribution in [0.4, 0.5) is 24.5 Å². The van der Waals surface area contributed by atoms with Gasteiger partial charge in [-0.25, -0.2) is 0 Å². The largest absolute Gasteiger partial charge is 0.418 e. The Balaban J connectivity index is 2.49. The maximum atomic E-state index is 13.3. The van der Waals surface area contributed by atoms with Crippen LogP contribution in [0.2, 0.25) is 0 Å². The monoisotopic (exact) mass is 357 g/mol. The summed E-state index contributed by atoms with van der Waals surface area (Å²) in [5.74, 6) is 0. The van der Waals surface area contributed by atoms with Gasteiger partial charge in [-0.1, -0.05) is 39.7 Å². The highest BCUT2D eigenvalue weighted by molar-refractivity contribution is 9.08. The molecule has 2 aromatic carbocycles. The summed E-state index contributed by atoms with van der Waals surface area (Å²) in [5, 5.41) is 0.393. The fourth-order valence-electron chi connectivity index (χ4n) is 2.09. The van der Waals surface area contributed by atoms with Crippen molar-refractivity contribution in [1.29, 1.82) is 0 Å². The summed E-state index contributed by atoms with van der Waals surface area (Å²) in [6.45, 7) is 1.94. The molecule has 1 nitrogen and oxygen atoms in total. The molecule has 0 spiro atoms. The molecule has 0 amide bonds. The summed E-state index contributed by atoms with van der Waals surface area (Å²) < 4.78 is 39.8. The summed E-state index contributed by atoms with van der Waals surface area (Å²) in [5.41, 5.74) is 1.91. The number of hydrogen-bond acceptors (Lipinski definition) is 1. The number of anilines is 2. The van der Waals surface area contributed by atoms with Gasteiger partial charge in [-0.15, -0.1) is 0 Å². The van der Waals surface area contributed by atoms with Crippen LogP contribution in [0.1, 0.15) is 16.7 Å². The van der Waals surface area contributed by atoms with Crippen molar-refractivity contribution < 1.29 is 13.2 Å². The maximum absolute atomic E-state index is 13.3. The van der Waals surface area contributed by atoms with E-state index in [9.17, 15) is 13.2 Å². The first-order valence-corrected chi connectivity index (χ1v) is 7.51. The first kappa shape index (κ1) is 15.9. The number of nitrogens with zero attached hydrogens (tertiary/aromatic N) is 1. The summed E-state index contributed by atoms with van der Waals surface area (Å²) >= 11 is 3.19. The number of rotatable bonds is 3. The van der Waals surface area contributed by atoms with Crippen molar-refractivity contribution in [2.24, 2.45) is 0 Å². The number of aryl methyl sites for hydroxylation is 1. The number of alkyl halides is 4. The lowest BCUT2D eigenvalue weighted by atomic mass is 10.1. The summed E-state index contributed by atoms with van der Waals surface area (Å²) in [6, 6.07) is 11.8. The van der Waals surface area contributed by atoms with E-state index < -0.39 is 11.7 Å². The Kier molecular flexibility index (Phi) is 4.61. The first-order valence-electron chi connectivity index (χ1n) is 6.39. The van der Waals surface area contributed by atoms with E-state index in [0.29, 0.717) is 10.9 Å². The van der Waals surface area contributed by atoms with E-state index in [1.54, 1.807) is 18.0 Å². The lowest BCUT2D eigenvalue weighted by Gasteiger charge is -2.24. The lowest BCUT2D eigenvalue weighted by Crippen LogP contribution is -2.17. The SMILES string of the molecule is Cc1ccc(N(C)c2ccc(CBr)cc2C(F)(F)F)cc1. The van der Waals surface area contributed by atoms with Gasteiger partial charge in [0.15, 0.2) is 0 Å². The highest BCUT2D eigenvalue weighted by atomic mass is 79.9. The minimum atomic E-state index is -4.38. The Morgan fingerprint density at radius 1 is 1.05 bits per heavy atom. The van der Waals surface area contributed by atoms with Gasteiger partial charge < -0.3 is 4.90 Å². The van der Waals surface area contributed by atoms with Gasteiger partial charge in [-0.2, -0.15) is 13.2 Å². The minimum Gasteiger partial charge on any atom is -0.344 e. The fraction of sp³-hybridized carbons (Fsp3) is 0.250. The third-order valence-electron chi connectivity index (χ3n) is 3.30. The molecule has 0 bridgehead atoms. The van der Waals surface area contributed by atoms with Gasteiger partial charge in [0.2, 0.25) is 0 Å². The van der Waals surface area contributed by atoms with E-state index in [0.717, 1.165) is 11.3 Å². The molecule has 0 aliphatic carbocycles. The van der Waals surface area contributed by atoms with Crippen molar-refractivity contribution in [3.63, 3.8) is 0 Å². The Bertz CT molecular complexity index is 620. The van der Waals surface area contributed by atoms with Crippen molar-refractivity contribution in [2.75, 3.05) is 11.9 Å². The Morgan fingerprint density at radius 2 is 1.67 bits per heavy atom. The van der Waals surface area contributed by atoms with E-state index in [1.165, 1.54) is 12.1 Å². The smallest absolute Gasteiger partial charge is 0.344 e. The van der Waals surface area contributed by atoms with Crippen molar-refractivity contribution in [3.8, 4) is 0 Å². The summed E-state index contributed by atoms with van der Waals surface area (Å²) in [7, 11) is 1.64. The molecule has 0 fully saturated rings. The highest BCUT2D eigenvalue weighted by Crippen LogP contribution is 2.39. The van der Waals surface area contributed by atoms with Crippen LogP contribution < -0.4 is 4.90 Å². The Morgan fingerprint density at radius 3 is 2.19 bits per heavy atom. The third-order valence-corrected chi connectivity index (χ3v) is 3.95. The summed E-state index contributed by atoms with van der Waals surface area (Å²) in [6.07, 6.45) is -4.38. The molecule has 21 heavy (non-hydrogen) atoms. The van der Waals surface area contributed by atoms with E-state index >= 15 is 0 Å². The second kappa shape index (κ2) is 6.10. The average Bonchev–Trinajstić information content (AvgIpc) is 2.46. The second-order valence-corrected chi connectivity index (χ2v) is 5.44. The first-order chi connectivity index (χ1) is 9.82. The molecule has 0 aliphatic rings. The molecule has 0 radical (unpaired) electrons. The van der Waals surface area contributed by atoms with Crippen LogP contribution >= 0.6 is 15.9 Å². The van der Waals surface area contributed by atoms with Crippen LogP contribution in [0, 0.1) is 6.92 Å². The highest BCUT2D eigenvalue weighted by Gasteiger charge is 2.34. The molecule has 0 saturated carbocycles. The van der Waals surface area contributed by atoms with Gasteiger partial charge in [-0.05, 0) is 36.8 Å². The maximum Gasteiger partial charge on any atom is 0.418 e. The Hall–Kier alpha value is -1.49. The molecule has 112 valence electrons. The fourth-order valence-corrected chi connectivity index (χ4v) is 2.44. The van der Waals surface area contributed by atoms with Gasteiger partial charge in [-0.3, -0.25) is 0 Å². The standard InChI is InChI=1S/C16H15BrF3N/c1-11-3-6-13(7-4-11)21(2)15-8-5-12(10-17)9-14(15)16(18,19)20/h3-9H,10H2,1-2H3. The molecule has 0 unspecified atom stereocenters. The predicted molar refractivity (Wildman–Crippen MR) is 83.3 cm³/mol. The zero-order valence-electron chi connectivity index (χ0n) is 11.7. The molecule has 0 heterocycles. The van der Waals surface area contributed by atoms with Gasteiger partial charge in [0.25, 0.3) is 0 Å². The predicted octanol–water partition coefficient (Wildman–Crippen LogP) is 5.68. The molecule has 0 aromatic heterocycles. The van der Waals surface area contributed by atoms with E-state index in [2.05, 4.69) is 15.9 Å². The van der Waals surface area contributed by atoms with Crippen LogP contribution in [0.5, 0.6) is 0 Å². The van der Waals surface area contributed by atoms with Crippen LogP contribution in [0.3, 0.4) is 0 Å². The van der Waals surface area contributed by atoms with Crippen molar-refractivity contribution in [3.05, 3.63) is 59.2 Å². The molecule has 2 rings (SSSR count). The number of halogens is 4. The van der Waals surface area contributed by atoms with Crippen molar-refractivity contribution in [1.82, 2.24) is 0 Å². The van der Waals surface area contributed by atoms with E-state index in [4.69, 9.17) is 0 Å². The summed E-state index contributed by atoms with van der Waals surface area (Å²) in [4.78, 5) is 1.56. The molecular weight excluding hydrogens is 343 g/mol. The zero-order chi connectivity index (χ0) is 15.6. The van der Waals surface area contributed by atoms with Crippen LogP contribution in [0.25, 0.3) is 0 Å². The molecule has 5 heteroatoms. The van der Waals surface area contributed by atoms with Gasteiger partial charge >= 0.3 is 6.18 Å². The molecule has 2 aromatic rings. The molecule has 0 saturated heterocycles. The van der Waals surface area contributed by atoms with Crippen LogP contribution in [-0.2, 0) is 11.5 Å². The molecular formula is C16H15BrF3N. The van der Waals surface area contributed by atoms with Gasteiger partial charge in [0.1, 0.15) is 0 Å². The number of hydrogen-bond donors (Lipinski definition) is 0. The quantitative estimate of drug-likeness (QED) is 0.639. The molecule has 0 N–H and O–H groups in total. The topological polar surface area (TPSA) is 3.24 Å². The van der Waals surface area contributed by atoms with Crippen LogP contribution in [-0.4, -0.2) is 7.05 Å². The second-order valence-electron chi connectivity index (χ2n) is 4.88. The molecule has 0 aliphatic heterocycles. The van der Waals surface area contributed by atoms with E-state index in [-0.39, 0.29) is 5.69 Å². The Labute approximate surface area is 130 Å². The van der Waals surface area contributed by atoms with Gasteiger partial charge in [0, 0.05) is 18.1 Å². The lowest BCUT2D eigenvalue weighted by molar-refractivity contribution is -0.137. The molecule has 0 atom stereocenters. The van der Waals surface area contributed by atoms with Crippen LogP contribution in [0.15, 0.2) is 42.5 Å². The third kappa shape index (κ3) is 3.59. The van der Waals surface area contributed by atoms with Gasteiger partial charge in [0.05, 0.1) is 11.3 Å².